The van der Waals surface area contributed by atoms with Gasteiger partial charge in [-0.25, -0.2) is 0 Å². The van der Waals surface area contributed by atoms with E-state index < -0.39 is 0 Å². The normalized spacial score (nSPS) is 17.3. The van der Waals surface area contributed by atoms with Gasteiger partial charge in [0.1, 0.15) is 0 Å². The van der Waals surface area contributed by atoms with Gasteiger partial charge in [-0.2, -0.15) is 0 Å². The summed E-state index contributed by atoms with van der Waals surface area (Å²) in [4.78, 5) is 2.23. The van der Waals surface area contributed by atoms with Crippen molar-refractivity contribution in [1.82, 2.24) is 0 Å². The number of benzene rings is 3. The van der Waals surface area contributed by atoms with Crippen LogP contribution in [0.3, 0.4) is 0 Å². The Balaban J connectivity index is 1.72. The molecule has 0 saturated carbocycles. The van der Waals surface area contributed by atoms with Crippen molar-refractivity contribution in [3.8, 4) is 11.1 Å². The van der Waals surface area contributed by atoms with E-state index in [-0.39, 0.29) is 5.41 Å². The summed E-state index contributed by atoms with van der Waals surface area (Å²) in [6.45, 7) is 7.22. The summed E-state index contributed by atoms with van der Waals surface area (Å²) in [6.07, 6.45) is 2.41. The van der Waals surface area contributed by atoms with Crippen molar-refractivity contribution in [2.75, 3.05) is 19.0 Å². The van der Waals surface area contributed by atoms with E-state index in [1.165, 1.54) is 44.6 Å². The fraction of sp³-hybridized carbons (Fsp3) is 0.286. The summed E-state index contributed by atoms with van der Waals surface area (Å²) in [7, 11) is 4.27. The highest BCUT2D eigenvalue weighted by atomic mass is 79.9. The molecule has 1 unspecified atom stereocenters. The lowest BCUT2D eigenvalue weighted by molar-refractivity contribution is 0.278. The number of nitrogens with zero attached hydrogens (tertiary/aromatic N) is 1. The predicted octanol–water partition coefficient (Wildman–Crippen LogP) is 8.62. The van der Waals surface area contributed by atoms with Crippen LogP contribution < -0.4 is 4.90 Å². The first-order valence-electron chi connectivity index (χ1n) is 10.8. The summed E-state index contributed by atoms with van der Waals surface area (Å²) in [6, 6.07) is 20.3. The molecule has 5 rings (SSSR count). The van der Waals surface area contributed by atoms with Crippen LogP contribution in [-0.4, -0.2) is 14.1 Å². The number of hydrogen-bond acceptors (Lipinski definition) is 1. The third-order valence-electron chi connectivity index (χ3n) is 7.16. The topological polar surface area (TPSA) is 3.24 Å². The molecule has 3 aromatic rings. The molecule has 0 saturated heterocycles. The van der Waals surface area contributed by atoms with Gasteiger partial charge < -0.3 is 4.90 Å². The van der Waals surface area contributed by atoms with Gasteiger partial charge in [0, 0.05) is 46.1 Å². The Morgan fingerprint density at radius 2 is 1.35 bits per heavy atom. The minimum absolute atomic E-state index is 0.00163. The maximum atomic E-state index is 3.74. The van der Waals surface area contributed by atoms with E-state index in [0.717, 1.165) is 8.95 Å². The number of rotatable bonds is 3. The van der Waals surface area contributed by atoms with Crippen LogP contribution in [-0.2, 0) is 0 Å². The van der Waals surface area contributed by atoms with Crippen molar-refractivity contribution < 1.29 is 0 Å². The standard InChI is InChI=1S/C28H27Br2N/c1-16-13-22-21(7-6-8-25(22)31(4)5)26(16)28(2,3)27-23-14-17(29)9-11-19(23)20-12-10-18(30)15-24(20)27/h6-15,26-27H,1-5H3. The van der Waals surface area contributed by atoms with E-state index in [2.05, 4.69) is 132 Å². The largest absolute Gasteiger partial charge is 0.377 e. The Hall–Kier alpha value is -1.84. The van der Waals surface area contributed by atoms with Gasteiger partial charge in [0.15, 0.2) is 0 Å². The van der Waals surface area contributed by atoms with E-state index in [9.17, 15) is 0 Å². The van der Waals surface area contributed by atoms with E-state index in [1.54, 1.807) is 0 Å². The average molecular weight is 537 g/mol. The Morgan fingerprint density at radius 3 is 1.90 bits per heavy atom. The van der Waals surface area contributed by atoms with Crippen LogP contribution in [0.2, 0.25) is 0 Å². The quantitative estimate of drug-likeness (QED) is 0.324. The highest BCUT2D eigenvalue weighted by molar-refractivity contribution is 9.10. The van der Waals surface area contributed by atoms with Gasteiger partial charge in [-0.3, -0.25) is 0 Å². The third kappa shape index (κ3) is 3.15. The lowest BCUT2D eigenvalue weighted by Crippen LogP contribution is -2.29. The molecular formula is C28H27Br2N. The van der Waals surface area contributed by atoms with E-state index in [0.29, 0.717) is 11.8 Å². The number of anilines is 1. The summed E-state index contributed by atoms with van der Waals surface area (Å²) in [5, 5.41) is 0. The molecule has 0 heterocycles. The second kappa shape index (κ2) is 7.35. The fourth-order valence-corrected chi connectivity index (χ4v) is 6.84. The van der Waals surface area contributed by atoms with Crippen LogP contribution in [0.25, 0.3) is 17.2 Å². The van der Waals surface area contributed by atoms with Gasteiger partial charge in [-0.15, -0.1) is 0 Å². The molecule has 0 aliphatic heterocycles. The van der Waals surface area contributed by atoms with Crippen molar-refractivity contribution in [3.63, 3.8) is 0 Å². The zero-order valence-corrected chi connectivity index (χ0v) is 21.8. The van der Waals surface area contributed by atoms with Crippen LogP contribution >= 0.6 is 31.9 Å². The smallest absolute Gasteiger partial charge is 0.0437 e. The molecule has 0 spiro atoms. The van der Waals surface area contributed by atoms with Crippen molar-refractivity contribution in [2.45, 2.75) is 32.6 Å². The Bertz CT molecular complexity index is 1180. The molecule has 2 aliphatic rings. The van der Waals surface area contributed by atoms with Gasteiger partial charge in [0.25, 0.3) is 0 Å². The van der Waals surface area contributed by atoms with Gasteiger partial charge in [-0.1, -0.05) is 81.6 Å². The Labute approximate surface area is 202 Å². The van der Waals surface area contributed by atoms with Crippen LogP contribution in [0.4, 0.5) is 5.69 Å². The molecular weight excluding hydrogens is 510 g/mol. The number of halogens is 2. The van der Waals surface area contributed by atoms with Crippen LogP contribution in [0.15, 0.2) is 69.1 Å². The molecule has 0 amide bonds. The van der Waals surface area contributed by atoms with Crippen LogP contribution in [0, 0.1) is 5.41 Å². The van der Waals surface area contributed by atoms with Crippen LogP contribution in [0.5, 0.6) is 0 Å². The lowest BCUT2D eigenvalue weighted by Gasteiger charge is -2.40. The van der Waals surface area contributed by atoms with Crippen molar-refractivity contribution in [1.29, 1.82) is 0 Å². The lowest BCUT2D eigenvalue weighted by atomic mass is 9.63. The molecule has 3 heteroatoms. The molecule has 1 nitrogen and oxygen atoms in total. The Kier molecular flexibility index (Phi) is 4.99. The highest BCUT2D eigenvalue weighted by Gasteiger charge is 2.47. The van der Waals surface area contributed by atoms with Gasteiger partial charge in [0.05, 0.1) is 0 Å². The first-order valence-corrected chi connectivity index (χ1v) is 12.4. The maximum Gasteiger partial charge on any atom is 0.0437 e. The predicted molar refractivity (Wildman–Crippen MR) is 140 cm³/mol. The molecule has 1 atom stereocenters. The first kappa shape index (κ1) is 21.0. The van der Waals surface area contributed by atoms with E-state index in [1.807, 2.05) is 0 Å². The summed E-state index contributed by atoms with van der Waals surface area (Å²) >= 11 is 7.48. The summed E-state index contributed by atoms with van der Waals surface area (Å²) in [5.74, 6) is 0.680. The number of allylic oxidation sites excluding steroid dienone is 1. The zero-order valence-electron chi connectivity index (χ0n) is 18.6. The number of fused-ring (bicyclic) bond motifs is 4. The highest BCUT2D eigenvalue weighted by Crippen LogP contribution is 2.61. The zero-order chi connectivity index (χ0) is 22.1. The molecule has 3 aromatic carbocycles. The van der Waals surface area contributed by atoms with Crippen molar-refractivity contribution >= 4 is 43.6 Å². The first-order chi connectivity index (χ1) is 14.7. The van der Waals surface area contributed by atoms with Crippen molar-refractivity contribution in [3.05, 3.63) is 91.4 Å². The van der Waals surface area contributed by atoms with Gasteiger partial charge in [0.2, 0.25) is 0 Å². The van der Waals surface area contributed by atoms with E-state index in [4.69, 9.17) is 0 Å². The minimum Gasteiger partial charge on any atom is -0.377 e. The molecule has 0 fully saturated rings. The second-order valence-corrected chi connectivity index (χ2v) is 11.5. The molecule has 158 valence electrons. The van der Waals surface area contributed by atoms with Crippen LogP contribution in [0.1, 0.15) is 54.9 Å². The van der Waals surface area contributed by atoms with E-state index >= 15 is 0 Å². The molecule has 0 bridgehead atoms. The maximum absolute atomic E-state index is 3.74. The SMILES string of the molecule is CC1=Cc2c(cccc2N(C)C)C1C(C)(C)C1c2cc(Br)ccc2-c2ccc(Br)cc21. The monoisotopic (exact) mass is 535 g/mol. The average Bonchev–Trinajstić information content (AvgIpc) is 3.20. The Morgan fingerprint density at radius 1 is 0.774 bits per heavy atom. The minimum atomic E-state index is -0.00163. The van der Waals surface area contributed by atoms with Crippen molar-refractivity contribution in [2.24, 2.45) is 5.41 Å². The summed E-state index contributed by atoms with van der Waals surface area (Å²) < 4.78 is 2.29. The summed E-state index contributed by atoms with van der Waals surface area (Å²) in [5.41, 5.74) is 11.2. The second-order valence-electron chi connectivity index (χ2n) is 9.71. The molecule has 0 N–H and O–H groups in total. The van der Waals surface area contributed by atoms with Gasteiger partial charge in [-0.05, 0) is 70.5 Å². The molecule has 0 aromatic heterocycles. The fourth-order valence-electron chi connectivity index (χ4n) is 6.08. The molecule has 31 heavy (non-hydrogen) atoms. The molecule has 2 aliphatic carbocycles. The molecule has 0 radical (unpaired) electrons. The number of hydrogen-bond donors (Lipinski definition) is 0. The van der Waals surface area contributed by atoms with Gasteiger partial charge >= 0.3 is 0 Å². The third-order valence-corrected chi connectivity index (χ3v) is 8.15.